The lowest BCUT2D eigenvalue weighted by atomic mass is 10.4. The first-order valence-electron chi connectivity index (χ1n) is 3.44. The number of halogens is 1. The van der Waals surface area contributed by atoms with E-state index in [9.17, 15) is 0 Å². The first-order chi connectivity index (χ1) is 5.75. The van der Waals surface area contributed by atoms with Crippen molar-refractivity contribution in [2.45, 2.75) is 6.92 Å². The van der Waals surface area contributed by atoms with E-state index in [1.165, 1.54) is 4.88 Å². The molecule has 0 radical (unpaired) electrons. The monoisotopic (exact) mass is 243 g/mol. The number of aryl methyl sites for hydroxylation is 1. The van der Waals surface area contributed by atoms with Crippen molar-refractivity contribution in [3.63, 3.8) is 0 Å². The second kappa shape index (κ2) is 3.03. The van der Waals surface area contributed by atoms with Gasteiger partial charge in [-0.2, -0.15) is 0 Å². The fourth-order valence-corrected chi connectivity index (χ4v) is 2.02. The summed E-state index contributed by atoms with van der Waals surface area (Å²) in [4.78, 5) is 6.88. The Kier molecular flexibility index (Phi) is 2.02. The van der Waals surface area contributed by atoms with Crippen molar-refractivity contribution >= 4 is 27.3 Å². The minimum Gasteiger partial charge on any atom is -0.430 e. The first-order valence-corrected chi connectivity index (χ1v) is 5.05. The SMILES string of the molecule is Cc1ccc(-c2cnc(Br)o2)s1. The molecule has 2 heterocycles. The third kappa shape index (κ3) is 1.44. The standard InChI is InChI=1S/C8H6BrNOS/c1-5-2-3-7(12-5)6-4-10-8(9)11-6/h2-4H,1H3. The highest BCUT2D eigenvalue weighted by molar-refractivity contribution is 9.10. The van der Waals surface area contributed by atoms with E-state index in [0.29, 0.717) is 4.80 Å². The molecule has 2 aromatic rings. The molecule has 0 aliphatic heterocycles. The van der Waals surface area contributed by atoms with Crippen molar-refractivity contribution in [1.29, 1.82) is 0 Å². The first kappa shape index (κ1) is 8.01. The van der Waals surface area contributed by atoms with Gasteiger partial charge >= 0.3 is 0 Å². The van der Waals surface area contributed by atoms with E-state index in [1.807, 2.05) is 6.07 Å². The van der Waals surface area contributed by atoms with Gasteiger partial charge in [0.25, 0.3) is 4.80 Å². The van der Waals surface area contributed by atoms with Crippen LogP contribution in [-0.2, 0) is 0 Å². The molecule has 4 heteroatoms. The summed E-state index contributed by atoms with van der Waals surface area (Å²) in [5.41, 5.74) is 0. The van der Waals surface area contributed by atoms with Gasteiger partial charge in [-0.1, -0.05) is 0 Å². The molecule has 0 aromatic carbocycles. The topological polar surface area (TPSA) is 26.0 Å². The summed E-state index contributed by atoms with van der Waals surface area (Å²) in [6.07, 6.45) is 1.72. The van der Waals surface area contributed by atoms with Gasteiger partial charge in [0.15, 0.2) is 5.76 Å². The molecule has 0 fully saturated rings. The second-order valence-corrected chi connectivity index (χ2v) is 4.35. The summed E-state index contributed by atoms with van der Waals surface area (Å²) < 4.78 is 5.30. The zero-order valence-corrected chi connectivity index (χ0v) is 8.78. The number of nitrogens with zero attached hydrogens (tertiary/aromatic N) is 1. The molecule has 0 aliphatic rings. The smallest absolute Gasteiger partial charge is 0.264 e. The summed E-state index contributed by atoms with van der Waals surface area (Å²) in [5.74, 6) is 0.819. The van der Waals surface area contributed by atoms with Crippen molar-refractivity contribution in [3.8, 4) is 10.6 Å². The molecule has 0 atom stereocenters. The summed E-state index contributed by atoms with van der Waals surface area (Å²) in [5, 5.41) is 0. The Balaban J connectivity index is 2.43. The number of hydrogen-bond acceptors (Lipinski definition) is 3. The molecular formula is C8H6BrNOS. The van der Waals surface area contributed by atoms with Gasteiger partial charge in [-0.3, -0.25) is 0 Å². The van der Waals surface area contributed by atoms with Gasteiger partial charge in [0.1, 0.15) is 0 Å². The molecule has 62 valence electrons. The Bertz CT molecular complexity index is 355. The normalized spacial score (nSPS) is 10.5. The third-order valence-corrected chi connectivity index (χ3v) is 2.84. The Hall–Kier alpha value is -0.610. The fraction of sp³-hybridized carbons (Fsp3) is 0.125. The van der Waals surface area contributed by atoms with E-state index in [0.717, 1.165) is 10.6 Å². The molecular weight excluding hydrogens is 238 g/mol. The number of aromatic nitrogens is 1. The Morgan fingerprint density at radius 2 is 2.33 bits per heavy atom. The van der Waals surface area contributed by atoms with Crippen LogP contribution in [0.15, 0.2) is 27.5 Å². The highest BCUT2D eigenvalue weighted by Gasteiger charge is 2.05. The average molecular weight is 244 g/mol. The van der Waals surface area contributed by atoms with E-state index in [-0.39, 0.29) is 0 Å². The van der Waals surface area contributed by atoms with Crippen LogP contribution in [0, 0.1) is 6.92 Å². The zero-order chi connectivity index (χ0) is 8.55. The Labute approximate surface area is 82.4 Å². The van der Waals surface area contributed by atoms with Crippen molar-refractivity contribution in [1.82, 2.24) is 4.98 Å². The molecule has 0 unspecified atom stereocenters. The molecule has 0 saturated carbocycles. The molecule has 0 amide bonds. The highest BCUT2D eigenvalue weighted by Crippen LogP contribution is 2.28. The van der Waals surface area contributed by atoms with Crippen LogP contribution in [0.5, 0.6) is 0 Å². The van der Waals surface area contributed by atoms with Crippen LogP contribution >= 0.6 is 27.3 Å². The molecule has 0 bridgehead atoms. The molecule has 2 nitrogen and oxygen atoms in total. The fourth-order valence-electron chi connectivity index (χ4n) is 0.934. The van der Waals surface area contributed by atoms with Crippen LogP contribution in [0.25, 0.3) is 10.6 Å². The number of rotatable bonds is 1. The zero-order valence-electron chi connectivity index (χ0n) is 6.37. The summed E-state index contributed by atoms with van der Waals surface area (Å²) in [7, 11) is 0. The van der Waals surface area contributed by atoms with E-state index < -0.39 is 0 Å². The lowest BCUT2D eigenvalue weighted by Crippen LogP contribution is -1.59. The molecule has 2 aromatic heterocycles. The number of oxazole rings is 1. The minimum absolute atomic E-state index is 0.531. The van der Waals surface area contributed by atoms with Gasteiger partial charge in [0.05, 0.1) is 11.1 Å². The van der Waals surface area contributed by atoms with E-state index in [4.69, 9.17) is 4.42 Å². The van der Waals surface area contributed by atoms with Gasteiger partial charge in [0.2, 0.25) is 0 Å². The summed E-state index contributed by atoms with van der Waals surface area (Å²) >= 11 is 4.86. The largest absolute Gasteiger partial charge is 0.430 e. The van der Waals surface area contributed by atoms with Gasteiger partial charge in [-0.05, 0) is 19.1 Å². The van der Waals surface area contributed by atoms with E-state index >= 15 is 0 Å². The minimum atomic E-state index is 0.531. The maximum atomic E-state index is 5.30. The molecule has 0 spiro atoms. The van der Waals surface area contributed by atoms with E-state index in [1.54, 1.807) is 17.5 Å². The molecule has 2 rings (SSSR count). The van der Waals surface area contributed by atoms with Crippen LogP contribution in [0.2, 0.25) is 0 Å². The quantitative estimate of drug-likeness (QED) is 0.767. The van der Waals surface area contributed by atoms with Gasteiger partial charge in [-0.25, -0.2) is 4.98 Å². The maximum Gasteiger partial charge on any atom is 0.264 e. The van der Waals surface area contributed by atoms with Gasteiger partial charge in [-0.15, -0.1) is 11.3 Å². The lowest BCUT2D eigenvalue weighted by Gasteiger charge is -1.85. The summed E-state index contributed by atoms with van der Waals surface area (Å²) in [6, 6.07) is 4.10. The van der Waals surface area contributed by atoms with Gasteiger partial charge in [0, 0.05) is 20.8 Å². The second-order valence-electron chi connectivity index (χ2n) is 2.39. The van der Waals surface area contributed by atoms with Crippen LogP contribution in [0.3, 0.4) is 0 Å². The van der Waals surface area contributed by atoms with Gasteiger partial charge < -0.3 is 4.42 Å². The number of thiophene rings is 1. The predicted octanol–water partition coefficient (Wildman–Crippen LogP) is 3.47. The van der Waals surface area contributed by atoms with Crippen LogP contribution in [-0.4, -0.2) is 4.98 Å². The third-order valence-electron chi connectivity index (χ3n) is 1.46. The maximum absolute atomic E-state index is 5.30. The summed E-state index contributed by atoms with van der Waals surface area (Å²) in [6.45, 7) is 2.07. The molecule has 12 heavy (non-hydrogen) atoms. The average Bonchev–Trinajstić information content (AvgIpc) is 2.58. The molecule has 0 N–H and O–H groups in total. The highest BCUT2D eigenvalue weighted by atomic mass is 79.9. The van der Waals surface area contributed by atoms with Crippen LogP contribution in [0.1, 0.15) is 4.88 Å². The molecule has 0 saturated heterocycles. The predicted molar refractivity (Wildman–Crippen MR) is 52.3 cm³/mol. The van der Waals surface area contributed by atoms with Crippen LogP contribution < -0.4 is 0 Å². The Morgan fingerprint density at radius 3 is 2.83 bits per heavy atom. The van der Waals surface area contributed by atoms with Crippen molar-refractivity contribution in [2.24, 2.45) is 0 Å². The lowest BCUT2D eigenvalue weighted by molar-refractivity contribution is 0.543. The van der Waals surface area contributed by atoms with E-state index in [2.05, 4.69) is 33.9 Å². The molecule has 0 aliphatic carbocycles. The van der Waals surface area contributed by atoms with Crippen molar-refractivity contribution < 1.29 is 4.42 Å². The van der Waals surface area contributed by atoms with Crippen LogP contribution in [0.4, 0.5) is 0 Å². The Morgan fingerprint density at radius 1 is 1.50 bits per heavy atom. The van der Waals surface area contributed by atoms with Crippen molar-refractivity contribution in [2.75, 3.05) is 0 Å². The number of hydrogen-bond donors (Lipinski definition) is 0. The van der Waals surface area contributed by atoms with Crippen molar-refractivity contribution in [3.05, 3.63) is 28.0 Å².